The Bertz CT molecular complexity index is 914. The first-order valence-electron chi connectivity index (χ1n) is 8.03. The minimum Gasteiger partial charge on any atom is -0.416 e. The zero-order valence-corrected chi connectivity index (χ0v) is 16.5. The minimum atomic E-state index is -2.92. The number of aromatic nitrogens is 2. The van der Waals surface area contributed by atoms with Gasteiger partial charge in [0.2, 0.25) is 11.8 Å². The first-order chi connectivity index (χ1) is 12.3. The van der Waals surface area contributed by atoms with Crippen LogP contribution in [0, 0.1) is 12.8 Å². The second-order valence-corrected chi connectivity index (χ2v) is 9.75. The summed E-state index contributed by atoms with van der Waals surface area (Å²) in [6, 6.07) is 5.31. The summed E-state index contributed by atoms with van der Waals surface area (Å²) >= 11 is 7.17. The Hall–Kier alpha value is -1.58. The summed E-state index contributed by atoms with van der Waals surface area (Å²) in [6.45, 7) is 1.83. The molecule has 2 heterocycles. The molecule has 1 amide bonds. The van der Waals surface area contributed by atoms with E-state index in [1.165, 1.54) is 0 Å². The maximum Gasteiger partial charge on any atom is 0.277 e. The summed E-state index contributed by atoms with van der Waals surface area (Å²) in [4.78, 5) is 12.1. The van der Waals surface area contributed by atoms with E-state index in [0.717, 1.165) is 17.3 Å². The molecule has 1 aliphatic rings. The van der Waals surface area contributed by atoms with Crippen molar-refractivity contribution in [1.82, 2.24) is 10.2 Å². The largest absolute Gasteiger partial charge is 0.416 e. The van der Waals surface area contributed by atoms with Gasteiger partial charge in [-0.05, 0) is 37.0 Å². The molecule has 1 aliphatic heterocycles. The summed E-state index contributed by atoms with van der Waals surface area (Å²) < 4.78 is 28.5. The molecule has 1 aromatic heterocycles. The molecule has 7 nitrogen and oxygen atoms in total. The Balaban J connectivity index is 1.50. The number of amides is 1. The Morgan fingerprint density at radius 1 is 1.42 bits per heavy atom. The van der Waals surface area contributed by atoms with Gasteiger partial charge in [0.1, 0.15) is 0 Å². The lowest BCUT2D eigenvalue weighted by Gasteiger charge is -2.08. The summed E-state index contributed by atoms with van der Waals surface area (Å²) in [6.07, 6.45) is 1.06. The van der Waals surface area contributed by atoms with E-state index in [1.54, 1.807) is 18.2 Å². The fourth-order valence-corrected chi connectivity index (χ4v) is 5.33. The highest BCUT2D eigenvalue weighted by atomic mass is 35.5. The third-order valence-electron chi connectivity index (χ3n) is 4.11. The van der Waals surface area contributed by atoms with Crippen LogP contribution >= 0.6 is 23.4 Å². The van der Waals surface area contributed by atoms with E-state index in [4.69, 9.17) is 16.0 Å². The molecule has 0 unspecified atom stereocenters. The number of thioether (sulfide) groups is 1. The summed E-state index contributed by atoms with van der Waals surface area (Å²) in [5.41, 5.74) is 1.47. The maximum atomic E-state index is 12.1. The van der Waals surface area contributed by atoms with E-state index >= 15 is 0 Å². The zero-order chi connectivity index (χ0) is 18.7. The Morgan fingerprint density at radius 3 is 2.96 bits per heavy atom. The number of anilines is 1. The van der Waals surface area contributed by atoms with Gasteiger partial charge in [-0.15, -0.1) is 10.2 Å². The van der Waals surface area contributed by atoms with Gasteiger partial charge in [-0.25, -0.2) is 8.42 Å². The molecule has 140 valence electrons. The molecule has 1 atom stereocenters. The maximum absolute atomic E-state index is 12.1. The molecular weight excluding hydrogens is 398 g/mol. The fraction of sp³-hybridized carbons (Fsp3) is 0.438. The van der Waals surface area contributed by atoms with Gasteiger partial charge in [0, 0.05) is 17.1 Å². The third-order valence-corrected chi connectivity index (χ3v) is 7.17. The van der Waals surface area contributed by atoms with Crippen molar-refractivity contribution in [2.24, 2.45) is 5.92 Å². The highest BCUT2D eigenvalue weighted by Crippen LogP contribution is 2.25. The molecule has 0 radical (unpaired) electrons. The molecule has 2 aromatic rings. The number of rotatable bonds is 6. The van der Waals surface area contributed by atoms with Gasteiger partial charge in [0.25, 0.3) is 5.22 Å². The van der Waals surface area contributed by atoms with Crippen molar-refractivity contribution in [1.29, 1.82) is 0 Å². The van der Waals surface area contributed by atoms with Gasteiger partial charge in [0.15, 0.2) is 9.84 Å². The highest BCUT2D eigenvalue weighted by molar-refractivity contribution is 7.99. The number of hydrogen-bond acceptors (Lipinski definition) is 7. The molecule has 0 saturated carbocycles. The van der Waals surface area contributed by atoms with Crippen molar-refractivity contribution in [3.63, 3.8) is 0 Å². The molecule has 1 N–H and O–H groups in total. The standard InChI is InChI=1S/C16H18ClN3O4S2/c1-10-12(17)3-2-4-13(10)18-14(21)8-25-16-20-19-15(24-16)7-11-5-6-26(22,23)9-11/h2-4,11H,5-9H2,1H3,(H,18,21)/t11-/m1/s1. The smallest absolute Gasteiger partial charge is 0.277 e. The van der Waals surface area contributed by atoms with Crippen LogP contribution in [0.2, 0.25) is 5.02 Å². The quantitative estimate of drug-likeness (QED) is 0.723. The van der Waals surface area contributed by atoms with Crippen molar-refractivity contribution in [3.8, 4) is 0 Å². The predicted octanol–water partition coefficient (Wildman–Crippen LogP) is 2.74. The fourth-order valence-electron chi connectivity index (χ4n) is 2.72. The molecule has 0 spiro atoms. The lowest BCUT2D eigenvalue weighted by Crippen LogP contribution is -2.14. The number of nitrogens with one attached hydrogen (secondary N) is 1. The van der Waals surface area contributed by atoms with E-state index in [0.29, 0.717) is 34.7 Å². The third kappa shape index (κ3) is 4.99. The number of halogens is 1. The summed E-state index contributed by atoms with van der Waals surface area (Å²) in [5, 5.41) is 11.5. The average Bonchev–Trinajstić information content (AvgIpc) is 3.16. The van der Waals surface area contributed by atoms with Crippen molar-refractivity contribution in [3.05, 3.63) is 34.7 Å². The topological polar surface area (TPSA) is 102 Å². The Labute approximate surface area is 160 Å². The van der Waals surface area contributed by atoms with Crippen molar-refractivity contribution in [2.75, 3.05) is 22.6 Å². The van der Waals surface area contributed by atoms with Gasteiger partial charge in [-0.1, -0.05) is 29.4 Å². The summed E-state index contributed by atoms with van der Waals surface area (Å²) in [7, 11) is -2.92. The number of benzene rings is 1. The van der Waals surface area contributed by atoms with Crippen LogP contribution in [0.1, 0.15) is 17.9 Å². The number of nitrogens with zero attached hydrogens (tertiary/aromatic N) is 2. The zero-order valence-electron chi connectivity index (χ0n) is 14.1. The van der Waals surface area contributed by atoms with Crippen LogP contribution in [0.3, 0.4) is 0 Å². The van der Waals surface area contributed by atoms with Gasteiger partial charge in [0.05, 0.1) is 17.3 Å². The number of hydrogen-bond donors (Lipinski definition) is 1. The van der Waals surface area contributed by atoms with Crippen molar-refractivity contribution >= 4 is 44.8 Å². The van der Waals surface area contributed by atoms with Crippen molar-refractivity contribution in [2.45, 2.75) is 25.0 Å². The molecule has 0 aliphatic carbocycles. The van der Waals surface area contributed by atoms with Crippen molar-refractivity contribution < 1.29 is 17.6 Å². The van der Waals surface area contributed by atoms with E-state index in [2.05, 4.69) is 15.5 Å². The normalized spacial score (nSPS) is 18.8. The van der Waals surface area contributed by atoms with Crippen LogP contribution in [-0.2, 0) is 21.1 Å². The highest BCUT2D eigenvalue weighted by Gasteiger charge is 2.29. The first-order valence-corrected chi connectivity index (χ1v) is 11.2. The average molecular weight is 416 g/mol. The number of carbonyl (C=O) groups excluding carboxylic acids is 1. The molecule has 1 aromatic carbocycles. The Kier molecular flexibility index (Phi) is 5.89. The Morgan fingerprint density at radius 2 is 2.23 bits per heavy atom. The number of sulfone groups is 1. The van der Waals surface area contributed by atoms with Gasteiger partial charge < -0.3 is 9.73 Å². The van der Waals surface area contributed by atoms with Crippen LogP contribution in [0.15, 0.2) is 27.8 Å². The van der Waals surface area contributed by atoms with Crippen LogP contribution < -0.4 is 5.32 Å². The molecule has 1 fully saturated rings. The monoisotopic (exact) mass is 415 g/mol. The second kappa shape index (κ2) is 7.98. The van der Waals surface area contributed by atoms with Gasteiger partial charge in [-0.3, -0.25) is 4.79 Å². The number of carbonyl (C=O) groups is 1. The molecule has 3 rings (SSSR count). The second-order valence-electron chi connectivity index (χ2n) is 6.18. The van der Waals surface area contributed by atoms with Crippen LogP contribution in [-0.4, -0.2) is 41.8 Å². The molecule has 1 saturated heterocycles. The lowest BCUT2D eigenvalue weighted by molar-refractivity contribution is -0.113. The molecule has 26 heavy (non-hydrogen) atoms. The first kappa shape index (κ1) is 19.2. The van der Waals surface area contributed by atoms with E-state index in [1.807, 2.05) is 6.92 Å². The molecule has 10 heteroatoms. The van der Waals surface area contributed by atoms with Crippen LogP contribution in [0.5, 0.6) is 0 Å². The molecule has 0 bridgehead atoms. The predicted molar refractivity (Wildman–Crippen MR) is 100 cm³/mol. The van der Waals surface area contributed by atoms with Crippen LogP contribution in [0.25, 0.3) is 0 Å². The van der Waals surface area contributed by atoms with Gasteiger partial charge in [-0.2, -0.15) is 0 Å². The van der Waals surface area contributed by atoms with E-state index < -0.39 is 9.84 Å². The minimum absolute atomic E-state index is 0.0207. The SMILES string of the molecule is Cc1c(Cl)cccc1NC(=O)CSc1nnc(C[C@H]2CCS(=O)(=O)C2)o1. The van der Waals surface area contributed by atoms with E-state index in [-0.39, 0.29) is 29.1 Å². The van der Waals surface area contributed by atoms with Crippen LogP contribution in [0.4, 0.5) is 5.69 Å². The lowest BCUT2D eigenvalue weighted by atomic mass is 10.1. The molecular formula is C16H18ClN3O4S2. The van der Waals surface area contributed by atoms with Gasteiger partial charge >= 0.3 is 0 Å². The van der Waals surface area contributed by atoms with E-state index in [9.17, 15) is 13.2 Å². The summed E-state index contributed by atoms with van der Waals surface area (Å²) in [5.74, 6) is 0.719.